The first-order valence-corrected chi connectivity index (χ1v) is 3.68. The Bertz CT molecular complexity index is 433. The van der Waals surface area contributed by atoms with Crippen LogP contribution in [-0.2, 0) is 0 Å². The third-order valence-electron chi connectivity index (χ3n) is 1.87. The molecule has 0 aliphatic rings. The van der Waals surface area contributed by atoms with E-state index in [9.17, 15) is 4.39 Å². The Morgan fingerprint density at radius 3 is 2.92 bits per heavy atom. The predicted octanol–water partition coefficient (Wildman–Crippen LogP) is 2.05. The second-order valence-corrected chi connectivity index (χ2v) is 2.84. The number of H-pyrrole nitrogens is 1. The molecular weight excluding hydrogens is 157 g/mol. The van der Waals surface area contributed by atoms with Crippen LogP contribution in [0.15, 0.2) is 18.2 Å². The van der Waals surface area contributed by atoms with Crippen LogP contribution in [0.1, 0.15) is 5.69 Å². The summed E-state index contributed by atoms with van der Waals surface area (Å²) in [4.78, 5) is 3.00. The van der Waals surface area contributed by atoms with Gasteiger partial charge in [0, 0.05) is 22.7 Å². The number of fused-ring (bicyclic) bond motifs is 1. The molecule has 2 nitrogen and oxygen atoms in total. The zero-order chi connectivity index (χ0) is 8.72. The molecule has 0 radical (unpaired) electrons. The lowest BCUT2D eigenvalue weighted by atomic mass is 10.2. The van der Waals surface area contributed by atoms with Gasteiger partial charge in [-0.25, -0.2) is 0 Å². The molecule has 3 heteroatoms. The molecule has 2 rings (SSSR count). The van der Waals surface area contributed by atoms with Gasteiger partial charge in [-0.05, 0) is 19.1 Å². The Labute approximate surface area is 68.6 Å². The van der Waals surface area contributed by atoms with Crippen LogP contribution in [0, 0.1) is 12.7 Å². The van der Waals surface area contributed by atoms with Crippen molar-refractivity contribution >= 4 is 10.9 Å². The zero-order valence-corrected chi connectivity index (χ0v) is 6.61. The summed E-state index contributed by atoms with van der Waals surface area (Å²) in [5.41, 5.74) is 1.66. The molecule has 1 aromatic carbocycles. The van der Waals surface area contributed by atoms with Crippen LogP contribution in [0.2, 0.25) is 0 Å². The highest BCUT2D eigenvalue weighted by molar-refractivity contribution is 5.82. The number of rotatable bonds is 0. The van der Waals surface area contributed by atoms with Crippen LogP contribution >= 0.6 is 0 Å². The average molecular weight is 166 g/mol. The van der Waals surface area contributed by atoms with Crippen molar-refractivity contribution in [1.29, 1.82) is 0 Å². The Hall–Kier alpha value is -1.51. The minimum Gasteiger partial charge on any atom is -0.591 e. The van der Waals surface area contributed by atoms with Gasteiger partial charge in [0.1, 0.15) is 0 Å². The minimum absolute atomic E-state index is 0.0542. The van der Waals surface area contributed by atoms with Gasteiger partial charge in [-0.3, -0.25) is 0 Å². The fraction of sp³-hybridized carbons (Fsp3) is 0.111. The smallest absolute Gasteiger partial charge is 0.291 e. The third-order valence-corrected chi connectivity index (χ3v) is 1.87. The second kappa shape index (κ2) is 2.24. The lowest BCUT2D eigenvalue weighted by Gasteiger charge is -1.91. The average Bonchev–Trinajstić information content (AvgIpc) is 2.39. The van der Waals surface area contributed by atoms with Crippen LogP contribution in [0.4, 0.5) is 4.39 Å². The number of nitrogens with one attached hydrogen (secondary N) is 1. The number of hydrogen-bond acceptors (Lipinski definition) is 0. The van der Waals surface area contributed by atoms with E-state index in [1.165, 1.54) is 6.07 Å². The minimum atomic E-state index is -0.447. The third kappa shape index (κ3) is 0.863. The van der Waals surface area contributed by atoms with E-state index < -0.39 is 5.82 Å². The molecule has 0 aliphatic carbocycles. The largest absolute Gasteiger partial charge is 0.591 e. The van der Waals surface area contributed by atoms with E-state index in [2.05, 4.69) is 4.98 Å². The molecule has 0 unspecified atom stereocenters. The van der Waals surface area contributed by atoms with Gasteiger partial charge < -0.3 is 10.1 Å². The van der Waals surface area contributed by atoms with Crippen molar-refractivity contribution < 1.29 is 9.50 Å². The van der Waals surface area contributed by atoms with Gasteiger partial charge in [0.05, 0.1) is 0 Å². The first-order valence-electron chi connectivity index (χ1n) is 3.68. The summed E-state index contributed by atoms with van der Waals surface area (Å²) in [5.74, 6) is -0.502. The topological polar surface area (TPSA) is 38.7 Å². The first kappa shape index (κ1) is 7.16. The van der Waals surface area contributed by atoms with Gasteiger partial charge in [-0.1, -0.05) is 0 Å². The highest BCUT2D eigenvalue weighted by atomic mass is 19.1. The number of hydrogen-bond donors (Lipinski definition) is 1. The van der Waals surface area contributed by atoms with Crippen molar-refractivity contribution in [3.05, 3.63) is 29.7 Å². The highest BCUT2D eigenvalue weighted by Crippen LogP contribution is 2.25. The molecule has 1 heterocycles. The maximum Gasteiger partial charge on any atom is 0.291 e. The Kier molecular flexibility index (Phi) is 1.33. The summed E-state index contributed by atoms with van der Waals surface area (Å²) in [7, 11) is 0. The van der Waals surface area contributed by atoms with E-state index in [-0.39, 0.29) is 5.75 Å². The van der Waals surface area contributed by atoms with Crippen molar-refractivity contribution in [2.75, 3.05) is 0 Å². The van der Waals surface area contributed by atoms with Gasteiger partial charge >= 0.3 is 0 Å². The van der Waals surface area contributed by atoms with Crippen molar-refractivity contribution in [3.63, 3.8) is 0 Å². The van der Waals surface area contributed by atoms with Crippen molar-refractivity contribution in [2.24, 2.45) is 0 Å². The van der Waals surface area contributed by atoms with Gasteiger partial charge in [0.25, 0.3) is 5.75 Å². The molecule has 0 amide bonds. The lowest BCUT2D eigenvalue weighted by molar-refractivity contribution is 0.436. The maximum absolute atomic E-state index is 13.2. The Morgan fingerprint density at radius 2 is 2.17 bits per heavy atom. The van der Waals surface area contributed by atoms with Crippen LogP contribution in [-0.4, -0.2) is 10.1 Å². The molecule has 12 heavy (non-hydrogen) atoms. The summed E-state index contributed by atoms with van der Waals surface area (Å²) < 4.78 is 13.2. The molecule has 0 saturated heterocycles. The molecule has 3 N–H and O–H groups in total. The highest BCUT2D eigenvalue weighted by Gasteiger charge is 2.10. The van der Waals surface area contributed by atoms with E-state index in [1.807, 2.05) is 6.92 Å². The van der Waals surface area contributed by atoms with Crippen LogP contribution < -0.4 is 0 Å². The van der Waals surface area contributed by atoms with Crippen molar-refractivity contribution in [1.82, 2.24) is 4.98 Å². The summed E-state index contributed by atoms with van der Waals surface area (Å²) >= 11 is 0. The zero-order valence-electron chi connectivity index (χ0n) is 6.61. The van der Waals surface area contributed by atoms with Gasteiger partial charge in [-0.2, -0.15) is 4.39 Å². The number of aromatic nitrogens is 1. The molecule has 1 aromatic heterocycles. The Balaban J connectivity index is 2.89. The van der Waals surface area contributed by atoms with E-state index in [0.29, 0.717) is 5.39 Å². The van der Waals surface area contributed by atoms with E-state index in [0.717, 1.165) is 11.2 Å². The molecule has 0 aliphatic heterocycles. The van der Waals surface area contributed by atoms with Crippen LogP contribution in [0.3, 0.4) is 0 Å². The summed E-state index contributed by atoms with van der Waals surface area (Å²) in [6.07, 6.45) is 0. The van der Waals surface area contributed by atoms with E-state index in [4.69, 9.17) is 5.11 Å². The fourth-order valence-corrected chi connectivity index (χ4v) is 1.31. The number of halogens is 1. The summed E-state index contributed by atoms with van der Waals surface area (Å²) in [6, 6.07) is 4.88. The first-order chi connectivity index (χ1) is 5.68. The SMILES string of the molecule is Cc1cc2c(F)c([OH2+])ccc2[nH]1. The van der Waals surface area contributed by atoms with Gasteiger partial charge in [0.2, 0.25) is 5.82 Å². The number of aromatic amines is 1. The molecular formula is C9H9FNO+. The van der Waals surface area contributed by atoms with Gasteiger partial charge in [0.15, 0.2) is 0 Å². The molecule has 0 fully saturated rings. The normalized spacial score (nSPS) is 10.8. The molecule has 0 spiro atoms. The second-order valence-electron chi connectivity index (χ2n) is 2.84. The molecule has 0 saturated carbocycles. The van der Waals surface area contributed by atoms with E-state index in [1.54, 1.807) is 12.1 Å². The molecule has 0 atom stereocenters. The molecule has 0 bridgehead atoms. The molecule has 2 aromatic rings. The Morgan fingerprint density at radius 1 is 1.42 bits per heavy atom. The van der Waals surface area contributed by atoms with Gasteiger partial charge in [-0.15, -0.1) is 0 Å². The quantitative estimate of drug-likeness (QED) is 0.582. The monoisotopic (exact) mass is 166 g/mol. The van der Waals surface area contributed by atoms with Crippen LogP contribution in [0.25, 0.3) is 10.9 Å². The van der Waals surface area contributed by atoms with Crippen LogP contribution in [0.5, 0.6) is 5.75 Å². The summed E-state index contributed by atoms with van der Waals surface area (Å²) in [6.45, 7) is 1.86. The standard InChI is InChI=1S/C9H8FNO/c1-5-4-6-7(11-5)2-3-8(12)9(6)10/h2-4,11-12H,1H3/p+1. The van der Waals surface area contributed by atoms with Crippen molar-refractivity contribution in [3.8, 4) is 5.75 Å². The predicted molar refractivity (Wildman–Crippen MR) is 46.1 cm³/mol. The fourth-order valence-electron chi connectivity index (χ4n) is 1.31. The van der Waals surface area contributed by atoms with Crippen molar-refractivity contribution in [2.45, 2.75) is 6.92 Å². The lowest BCUT2D eigenvalue weighted by Crippen LogP contribution is -1.76. The maximum atomic E-state index is 13.2. The number of benzene rings is 1. The molecule has 62 valence electrons. The number of aryl methyl sites for hydroxylation is 1. The van der Waals surface area contributed by atoms with E-state index >= 15 is 0 Å². The summed E-state index contributed by atoms with van der Waals surface area (Å²) in [5, 5.41) is 7.72.